The van der Waals surface area contributed by atoms with E-state index in [0.717, 1.165) is 37.4 Å². The van der Waals surface area contributed by atoms with E-state index in [-0.39, 0.29) is 5.91 Å². The van der Waals surface area contributed by atoms with Crippen LogP contribution >= 0.6 is 0 Å². The highest BCUT2D eigenvalue weighted by atomic mass is 16.3. The van der Waals surface area contributed by atoms with Gasteiger partial charge in [0, 0.05) is 25.6 Å². The molecular weight excluding hydrogens is 216 g/mol. The topological polar surface area (TPSA) is 45.5 Å². The third-order valence-electron chi connectivity index (χ3n) is 3.95. The zero-order valence-corrected chi connectivity index (χ0v) is 10.1. The minimum atomic E-state index is 0.131. The highest BCUT2D eigenvalue weighted by Crippen LogP contribution is 2.26. The van der Waals surface area contributed by atoms with Crippen LogP contribution in [0.5, 0.6) is 0 Å². The number of carbonyl (C=O) groups is 1. The molecule has 2 fully saturated rings. The molecule has 4 heteroatoms. The molecule has 3 heterocycles. The number of furan rings is 1. The standard InChI is InChI=1S/C13H18N2O2/c1-2-12-10(4-6-17-12)13(16)15-7-9-3-5-14-11(9)8-15/h4,6,9,11,14H,2-3,5,7-8H2,1H3/t9-,11+/m0/s1. The highest BCUT2D eigenvalue weighted by molar-refractivity contribution is 5.95. The lowest BCUT2D eigenvalue weighted by Crippen LogP contribution is -2.34. The molecule has 92 valence electrons. The summed E-state index contributed by atoms with van der Waals surface area (Å²) in [5, 5.41) is 3.46. The van der Waals surface area contributed by atoms with Gasteiger partial charge in [-0.15, -0.1) is 0 Å². The Balaban J connectivity index is 1.75. The van der Waals surface area contributed by atoms with E-state index in [1.807, 2.05) is 11.8 Å². The minimum Gasteiger partial charge on any atom is -0.469 e. The lowest BCUT2D eigenvalue weighted by atomic mass is 10.1. The number of hydrogen-bond acceptors (Lipinski definition) is 3. The molecule has 1 aromatic rings. The summed E-state index contributed by atoms with van der Waals surface area (Å²) < 4.78 is 5.33. The average Bonchev–Trinajstić information content (AvgIpc) is 3.02. The van der Waals surface area contributed by atoms with Crippen LogP contribution < -0.4 is 5.32 Å². The highest BCUT2D eigenvalue weighted by Gasteiger charge is 2.38. The zero-order valence-electron chi connectivity index (χ0n) is 10.1. The summed E-state index contributed by atoms with van der Waals surface area (Å²) in [6.07, 6.45) is 3.58. The van der Waals surface area contributed by atoms with Crippen LogP contribution in [0.15, 0.2) is 16.7 Å². The van der Waals surface area contributed by atoms with Crippen LogP contribution in [0.2, 0.25) is 0 Å². The first-order chi connectivity index (χ1) is 8.29. The van der Waals surface area contributed by atoms with Crippen molar-refractivity contribution in [3.05, 3.63) is 23.7 Å². The third kappa shape index (κ3) is 1.76. The van der Waals surface area contributed by atoms with Crippen LogP contribution in [0, 0.1) is 5.92 Å². The van der Waals surface area contributed by atoms with Crippen molar-refractivity contribution >= 4 is 5.91 Å². The predicted octanol–water partition coefficient (Wildman–Crippen LogP) is 1.28. The van der Waals surface area contributed by atoms with Crippen LogP contribution in [0.25, 0.3) is 0 Å². The van der Waals surface area contributed by atoms with Gasteiger partial charge in [-0.2, -0.15) is 0 Å². The average molecular weight is 234 g/mol. The molecule has 0 spiro atoms. The van der Waals surface area contributed by atoms with E-state index in [0.29, 0.717) is 12.0 Å². The Kier molecular flexibility index (Phi) is 2.67. The molecule has 0 aliphatic carbocycles. The van der Waals surface area contributed by atoms with Gasteiger partial charge in [0.05, 0.1) is 11.8 Å². The maximum atomic E-state index is 12.4. The van der Waals surface area contributed by atoms with Crippen molar-refractivity contribution in [1.29, 1.82) is 0 Å². The number of nitrogens with zero attached hydrogens (tertiary/aromatic N) is 1. The van der Waals surface area contributed by atoms with E-state index >= 15 is 0 Å². The largest absolute Gasteiger partial charge is 0.469 e. The molecule has 1 amide bonds. The number of hydrogen-bond donors (Lipinski definition) is 1. The quantitative estimate of drug-likeness (QED) is 0.838. The van der Waals surface area contributed by atoms with E-state index in [9.17, 15) is 4.79 Å². The fourth-order valence-electron chi connectivity index (χ4n) is 2.99. The zero-order chi connectivity index (χ0) is 11.8. The van der Waals surface area contributed by atoms with Crippen molar-refractivity contribution in [1.82, 2.24) is 10.2 Å². The molecule has 2 saturated heterocycles. The maximum absolute atomic E-state index is 12.4. The third-order valence-corrected chi connectivity index (χ3v) is 3.95. The molecule has 3 rings (SSSR count). The van der Waals surface area contributed by atoms with Crippen molar-refractivity contribution in [2.24, 2.45) is 5.92 Å². The fraction of sp³-hybridized carbons (Fsp3) is 0.615. The van der Waals surface area contributed by atoms with Gasteiger partial charge in [0.15, 0.2) is 0 Å². The summed E-state index contributed by atoms with van der Waals surface area (Å²) in [5.41, 5.74) is 0.743. The van der Waals surface area contributed by atoms with Crippen molar-refractivity contribution in [3.63, 3.8) is 0 Å². The van der Waals surface area contributed by atoms with Crippen molar-refractivity contribution in [2.45, 2.75) is 25.8 Å². The Morgan fingerprint density at radius 1 is 1.59 bits per heavy atom. The second-order valence-corrected chi connectivity index (χ2v) is 4.93. The van der Waals surface area contributed by atoms with Gasteiger partial charge in [-0.25, -0.2) is 0 Å². The Hall–Kier alpha value is -1.29. The number of carbonyl (C=O) groups excluding carboxylic acids is 1. The van der Waals surface area contributed by atoms with Gasteiger partial charge in [-0.05, 0) is 24.9 Å². The van der Waals surface area contributed by atoms with Crippen molar-refractivity contribution < 1.29 is 9.21 Å². The Bertz CT molecular complexity index is 415. The van der Waals surface area contributed by atoms with Crippen LogP contribution in [0.4, 0.5) is 0 Å². The van der Waals surface area contributed by atoms with Gasteiger partial charge in [-0.1, -0.05) is 6.92 Å². The van der Waals surface area contributed by atoms with Gasteiger partial charge in [0.2, 0.25) is 0 Å². The molecule has 0 saturated carbocycles. The number of aryl methyl sites for hydroxylation is 1. The predicted molar refractivity (Wildman–Crippen MR) is 63.9 cm³/mol. The number of nitrogens with one attached hydrogen (secondary N) is 1. The molecule has 2 aliphatic heterocycles. The molecular formula is C13H18N2O2. The van der Waals surface area contributed by atoms with Crippen molar-refractivity contribution in [3.8, 4) is 0 Å². The first-order valence-electron chi connectivity index (χ1n) is 6.38. The van der Waals surface area contributed by atoms with E-state index in [2.05, 4.69) is 5.32 Å². The molecule has 2 aliphatic rings. The Morgan fingerprint density at radius 2 is 2.47 bits per heavy atom. The molecule has 0 aromatic carbocycles. The minimum absolute atomic E-state index is 0.131. The van der Waals surface area contributed by atoms with Gasteiger partial charge in [0.25, 0.3) is 5.91 Å². The van der Waals surface area contributed by atoms with Gasteiger partial charge in [-0.3, -0.25) is 4.79 Å². The monoisotopic (exact) mass is 234 g/mol. The Morgan fingerprint density at radius 3 is 3.24 bits per heavy atom. The second kappa shape index (κ2) is 4.18. The summed E-state index contributed by atoms with van der Waals surface area (Å²) in [4.78, 5) is 14.3. The Labute approximate surface area is 101 Å². The van der Waals surface area contributed by atoms with Crippen LogP contribution in [-0.4, -0.2) is 36.5 Å². The first kappa shape index (κ1) is 10.8. The molecule has 4 nitrogen and oxygen atoms in total. The van der Waals surface area contributed by atoms with Crippen LogP contribution in [0.3, 0.4) is 0 Å². The van der Waals surface area contributed by atoms with Gasteiger partial charge >= 0.3 is 0 Å². The van der Waals surface area contributed by atoms with E-state index in [1.165, 1.54) is 6.42 Å². The second-order valence-electron chi connectivity index (χ2n) is 4.93. The number of amides is 1. The molecule has 1 aromatic heterocycles. The molecule has 17 heavy (non-hydrogen) atoms. The number of likely N-dealkylation sites (tertiary alicyclic amines) is 1. The number of rotatable bonds is 2. The smallest absolute Gasteiger partial charge is 0.257 e. The van der Waals surface area contributed by atoms with Gasteiger partial charge in [0.1, 0.15) is 5.76 Å². The SMILES string of the molecule is CCc1occc1C(=O)N1C[C@@H]2CCN[C@@H]2C1. The number of fused-ring (bicyclic) bond motifs is 1. The summed E-state index contributed by atoms with van der Waals surface area (Å²) in [6.45, 7) is 4.85. The van der Waals surface area contributed by atoms with Crippen LogP contribution in [-0.2, 0) is 6.42 Å². The molecule has 1 N–H and O–H groups in total. The summed E-state index contributed by atoms with van der Waals surface area (Å²) in [5.74, 6) is 1.59. The maximum Gasteiger partial charge on any atom is 0.257 e. The summed E-state index contributed by atoms with van der Waals surface area (Å²) in [7, 11) is 0. The van der Waals surface area contributed by atoms with E-state index in [4.69, 9.17) is 4.42 Å². The van der Waals surface area contributed by atoms with Crippen molar-refractivity contribution in [2.75, 3.05) is 19.6 Å². The lowest BCUT2D eigenvalue weighted by molar-refractivity contribution is 0.0780. The summed E-state index contributed by atoms with van der Waals surface area (Å²) >= 11 is 0. The first-order valence-corrected chi connectivity index (χ1v) is 6.38. The van der Waals surface area contributed by atoms with Crippen LogP contribution in [0.1, 0.15) is 29.5 Å². The van der Waals surface area contributed by atoms with E-state index < -0.39 is 0 Å². The fourth-order valence-corrected chi connectivity index (χ4v) is 2.99. The normalized spacial score (nSPS) is 27.5. The lowest BCUT2D eigenvalue weighted by Gasteiger charge is -2.17. The van der Waals surface area contributed by atoms with E-state index in [1.54, 1.807) is 12.3 Å². The summed E-state index contributed by atoms with van der Waals surface area (Å²) in [6, 6.07) is 2.30. The molecule has 0 unspecified atom stereocenters. The van der Waals surface area contributed by atoms with Gasteiger partial charge < -0.3 is 14.6 Å². The molecule has 2 atom stereocenters. The molecule has 0 radical (unpaired) electrons. The molecule has 0 bridgehead atoms.